The van der Waals surface area contributed by atoms with Crippen molar-refractivity contribution in [3.63, 3.8) is 0 Å². The Hall–Kier alpha value is -0.770. The molecular formula is C9H20N2O2. The van der Waals surface area contributed by atoms with Gasteiger partial charge in [0.2, 0.25) is 0 Å². The Morgan fingerprint density at radius 2 is 2.00 bits per heavy atom. The molecule has 78 valence electrons. The minimum Gasteiger partial charge on any atom is -0.383 e. The van der Waals surface area contributed by atoms with Crippen LogP contribution in [0, 0.1) is 5.92 Å². The fraction of sp³-hybridized carbons (Fsp3) is 0.889. The number of nitrogens with one attached hydrogen (secondary N) is 1. The van der Waals surface area contributed by atoms with Gasteiger partial charge in [0, 0.05) is 21.2 Å². The van der Waals surface area contributed by atoms with Gasteiger partial charge in [-0.25, -0.2) is 4.79 Å². The topological polar surface area (TPSA) is 41.6 Å². The van der Waals surface area contributed by atoms with Crippen molar-refractivity contribution in [1.29, 1.82) is 0 Å². The number of amides is 2. The number of hydrogen-bond donors (Lipinski definition) is 1. The molecule has 4 nitrogen and oxygen atoms in total. The van der Waals surface area contributed by atoms with Gasteiger partial charge in [0.25, 0.3) is 0 Å². The number of carbonyl (C=O) groups is 1. The number of urea groups is 1. The number of methoxy groups -OCH3 is 1. The molecule has 0 radical (unpaired) electrons. The molecule has 13 heavy (non-hydrogen) atoms. The maximum atomic E-state index is 11.3. The zero-order valence-electron chi connectivity index (χ0n) is 9.13. The molecule has 0 spiro atoms. The van der Waals surface area contributed by atoms with Gasteiger partial charge in [-0.05, 0) is 5.92 Å². The standard InChI is InChI=1S/C9H20N2O2/c1-7(2)8(6-13-5)10-9(12)11(3)4/h7-8H,6H2,1-5H3,(H,10,12). The third-order valence-electron chi connectivity index (χ3n) is 1.87. The van der Waals surface area contributed by atoms with Crippen LogP contribution >= 0.6 is 0 Å². The molecule has 0 bridgehead atoms. The zero-order chi connectivity index (χ0) is 10.4. The molecule has 0 rings (SSSR count). The first kappa shape index (κ1) is 12.2. The van der Waals surface area contributed by atoms with Crippen molar-refractivity contribution < 1.29 is 9.53 Å². The van der Waals surface area contributed by atoms with E-state index in [4.69, 9.17) is 4.74 Å². The first-order valence-corrected chi connectivity index (χ1v) is 4.45. The molecule has 0 fully saturated rings. The molecule has 1 unspecified atom stereocenters. The largest absolute Gasteiger partial charge is 0.383 e. The van der Waals surface area contributed by atoms with Gasteiger partial charge in [0.05, 0.1) is 12.6 Å². The molecule has 0 aliphatic carbocycles. The van der Waals surface area contributed by atoms with Gasteiger partial charge in [-0.1, -0.05) is 13.8 Å². The van der Waals surface area contributed by atoms with E-state index in [1.54, 1.807) is 21.2 Å². The van der Waals surface area contributed by atoms with Crippen LogP contribution < -0.4 is 5.32 Å². The van der Waals surface area contributed by atoms with E-state index in [2.05, 4.69) is 19.2 Å². The molecule has 0 saturated heterocycles. The lowest BCUT2D eigenvalue weighted by atomic mass is 10.1. The van der Waals surface area contributed by atoms with Crippen LogP contribution in [0.5, 0.6) is 0 Å². The molecule has 0 aromatic carbocycles. The highest BCUT2D eigenvalue weighted by atomic mass is 16.5. The third-order valence-corrected chi connectivity index (χ3v) is 1.87. The van der Waals surface area contributed by atoms with Gasteiger partial charge in [-0.15, -0.1) is 0 Å². The average molecular weight is 188 g/mol. The predicted octanol–water partition coefficient (Wildman–Crippen LogP) is 0.929. The summed E-state index contributed by atoms with van der Waals surface area (Å²) >= 11 is 0. The van der Waals surface area contributed by atoms with Crippen molar-refractivity contribution in [2.45, 2.75) is 19.9 Å². The second-order valence-corrected chi connectivity index (χ2v) is 3.65. The van der Waals surface area contributed by atoms with Crippen molar-refractivity contribution in [3.05, 3.63) is 0 Å². The molecule has 0 heterocycles. The van der Waals surface area contributed by atoms with Crippen LogP contribution in [0.2, 0.25) is 0 Å². The highest BCUT2D eigenvalue weighted by Crippen LogP contribution is 2.02. The molecule has 0 aromatic rings. The maximum Gasteiger partial charge on any atom is 0.317 e. The van der Waals surface area contributed by atoms with E-state index in [9.17, 15) is 4.79 Å². The van der Waals surface area contributed by atoms with Crippen LogP contribution in [0.4, 0.5) is 4.79 Å². The molecule has 4 heteroatoms. The zero-order valence-corrected chi connectivity index (χ0v) is 9.13. The SMILES string of the molecule is COCC(NC(=O)N(C)C)C(C)C. The molecule has 0 aliphatic rings. The monoisotopic (exact) mass is 188 g/mol. The summed E-state index contributed by atoms with van der Waals surface area (Å²) in [6.45, 7) is 4.66. The summed E-state index contributed by atoms with van der Waals surface area (Å²) in [7, 11) is 5.08. The summed E-state index contributed by atoms with van der Waals surface area (Å²) < 4.78 is 5.01. The van der Waals surface area contributed by atoms with E-state index in [0.29, 0.717) is 12.5 Å². The minimum absolute atomic E-state index is 0.0734. The summed E-state index contributed by atoms with van der Waals surface area (Å²) in [5, 5.41) is 2.88. The second-order valence-electron chi connectivity index (χ2n) is 3.65. The summed E-state index contributed by atoms with van der Waals surface area (Å²) in [4.78, 5) is 12.8. The Kier molecular flexibility index (Phi) is 5.46. The number of rotatable bonds is 4. The number of carbonyl (C=O) groups excluding carboxylic acids is 1. The Morgan fingerprint density at radius 3 is 2.31 bits per heavy atom. The average Bonchev–Trinajstić information content (AvgIpc) is 2.03. The number of ether oxygens (including phenoxy) is 1. The summed E-state index contributed by atoms with van der Waals surface area (Å²) in [5.41, 5.74) is 0. The second kappa shape index (κ2) is 5.80. The van der Waals surface area contributed by atoms with Gasteiger partial charge in [0.1, 0.15) is 0 Å². The normalized spacial score (nSPS) is 12.8. The van der Waals surface area contributed by atoms with Crippen molar-refractivity contribution >= 4 is 6.03 Å². The molecule has 0 aromatic heterocycles. The number of hydrogen-bond acceptors (Lipinski definition) is 2. The lowest BCUT2D eigenvalue weighted by Crippen LogP contribution is -2.46. The van der Waals surface area contributed by atoms with Gasteiger partial charge in [-0.2, -0.15) is 0 Å². The van der Waals surface area contributed by atoms with E-state index in [1.807, 2.05) is 0 Å². The number of nitrogens with zero attached hydrogens (tertiary/aromatic N) is 1. The lowest BCUT2D eigenvalue weighted by Gasteiger charge is -2.23. The van der Waals surface area contributed by atoms with Crippen LogP contribution in [-0.4, -0.2) is 44.8 Å². The van der Waals surface area contributed by atoms with Crippen LogP contribution in [0.1, 0.15) is 13.8 Å². The summed E-state index contributed by atoms with van der Waals surface area (Å²) in [6, 6.07) is 0.00986. The molecule has 0 saturated carbocycles. The first-order chi connectivity index (χ1) is 5.99. The van der Waals surface area contributed by atoms with Gasteiger partial charge in [0.15, 0.2) is 0 Å². The molecule has 1 N–H and O–H groups in total. The first-order valence-electron chi connectivity index (χ1n) is 4.45. The van der Waals surface area contributed by atoms with Gasteiger partial charge >= 0.3 is 6.03 Å². The van der Waals surface area contributed by atoms with Crippen molar-refractivity contribution in [2.75, 3.05) is 27.8 Å². The quantitative estimate of drug-likeness (QED) is 0.713. The van der Waals surface area contributed by atoms with Gasteiger partial charge in [-0.3, -0.25) is 0 Å². The van der Waals surface area contributed by atoms with Crippen LogP contribution in [0.25, 0.3) is 0 Å². The van der Waals surface area contributed by atoms with E-state index >= 15 is 0 Å². The van der Waals surface area contributed by atoms with Crippen molar-refractivity contribution in [2.24, 2.45) is 5.92 Å². The van der Waals surface area contributed by atoms with Crippen LogP contribution in [-0.2, 0) is 4.74 Å². The highest BCUT2D eigenvalue weighted by Gasteiger charge is 2.16. The smallest absolute Gasteiger partial charge is 0.317 e. The minimum atomic E-state index is -0.0734. The summed E-state index contributed by atoms with van der Waals surface area (Å²) in [6.07, 6.45) is 0. The van der Waals surface area contributed by atoms with Crippen LogP contribution in [0.15, 0.2) is 0 Å². The highest BCUT2D eigenvalue weighted by molar-refractivity contribution is 5.73. The Labute approximate surface area is 80.2 Å². The van der Waals surface area contributed by atoms with Gasteiger partial charge < -0.3 is 15.0 Å². The summed E-state index contributed by atoms with van der Waals surface area (Å²) in [5.74, 6) is 0.379. The molecular weight excluding hydrogens is 168 g/mol. The van der Waals surface area contributed by atoms with E-state index in [0.717, 1.165) is 0 Å². The van der Waals surface area contributed by atoms with E-state index in [-0.39, 0.29) is 12.1 Å². The third kappa shape index (κ3) is 4.72. The van der Waals surface area contributed by atoms with Crippen molar-refractivity contribution in [3.8, 4) is 0 Å². The van der Waals surface area contributed by atoms with Crippen LogP contribution in [0.3, 0.4) is 0 Å². The Morgan fingerprint density at radius 1 is 1.46 bits per heavy atom. The Bertz CT molecular complexity index is 158. The lowest BCUT2D eigenvalue weighted by molar-refractivity contribution is 0.143. The molecule has 2 amide bonds. The van der Waals surface area contributed by atoms with E-state index in [1.165, 1.54) is 4.90 Å². The fourth-order valence-electron chi connectivity index (χ4n) is 0.868. The Balaban J connectivity index is 4.02. The van der Waals surface area contributed by atoms with E-state index < -0.39 is 0 Å². The molecule has 1 atom stereocenters. The van der Waals surface area contributed by atoms with Crippen molar-refractivity contribution in [1.82, 2.24) is 10.2 Å². The molecule has 0 aliphatic heterocycles. The predicted molar refractivity (Wildman–Crippen MR) is 52.7 cm³/mol. The fourth-order valence-corrected chi connectivity index (χ4v) is 0.868. The maximum absolute atomic E-state index is 11.3.